The van der Waals surface area contributed by atoms with E-state index in [1.165, 1.54) is 0 Å². The fraction of sp³-hybridized carbons (Fsp3) is 0.267. The van der Waals surface area contributed by atoms with E-state index in [0.717, 1.165) is 17.1 Å². The molecule has 0 saturated heterocycles. The van der Waals surface area contributed by atoms with E-state index in [9.17, 15) is 8.78 Å². The van der Waals surface area contributed by atoms with E-state index in [2.05, 4.69) is 10.3 Å². The summed E-state index contributed by atoms with van der Waals surface area (Å²) in [5, 5.41) is 3.14. The van der Waals surface area contributed by atoms with Crippen molar-refractivity contribution in [2.24, 2.45) is 0 Å². The summed E-state index contributed by atoms with van der Waals surface area (Å²) in [6, 6.07) is 10.7. The molecule has 0 unspecified atom stereocenters. The van der Waals surface area contributed by atoms with Crippen molar-refractivity contribution >= 4 is 17.4 Å². The fourth-order valence-electron chi connectivity index (χ4n) is 1.91. The van der Waals surface area contributed by atoms with Gasteiger partial charge in [0.15, 0.2) is 0 Å². The molecule has 0 radical (unpaired) electrons. The van der Waals surface area contributed by atoms with Crippen LogP contribution in [0.25, 0.3) is 0 Å². The second-order valence-electron chi connectivity index (χ2n) is 4.37. The summed E-state index contributed by atoms with van der Waals surface area (Å²) in [6.45, 7) is 2.32. The molecule has 0 aliphatic heterocycles. The molecule has 0 aliphatic rings. The maximum Gasteiger partial charge on any atom is 0.288 e. The summed E-state index contributed by atoms with van der Waals surface area (Å²) < 4.78 is 30.2. The van der Waals surface area contributed by atoms with Gasteiger partial charge in [-0.15, -0.1) is 0 Å². The van der Waals surface area contributed by atoms with Gasteiger partial charge in [0.1, 0.15) is 5.75 Å². The number of para-hydroxylation sites is 1. The Morgan fingerprint density at radius 2 is 2.05 bits per heavy atom. The smallest absolute Gasteiger partial charge is 0.288 e. The number of hydrogen-bond donors (Lipinski definition) is 1. The number of aromatic nitrogens is 1. The lowest BCUT2D eigenvalue weighted by atomic mass is 10.2. The summed E-state index contributed by atoms with van der Waals surface area (Å²) in [5.74, 6) is -1.71. The minimum Gasteiger partial charge on any atom is -0.497 e. The Hall–Kier alpha value is -1.82. The molecule has 6 heteroatoms. The van der Waals surface area contributed by atoms with Gasteiger partial charge in [-0.3, -0.25) is 4.98 Å². The zero-order valence-electron chi connectivity index (χ0n) is 11.8. The van der Waals surface area contributed by atoms with Gasteiger partial charge >= 0.3 is 0 Å². The van der Waals surface area contributed by atoms with Crippen molar-refractivity contribution in [3.8, 4) is 5.75 Å². The molecule has 0 atom stereocenters. The molecule has 2 aromatic rings. The second kappa shape index (κ2) is 7.26. The minimum absolute atomic E-state index is 0.443. The maximum absolute atomic E-state index is 12.5. The van der Waals surface area contributed by atoms with E-state index in [-0.39, 0.29) is 0 Å². The van der Waals surface area contributed by atoms with Crippen molar-refractivity contribution in [3.05, 3.63) is 47.8 Å². The topological polar surface area (TPSA) is 34.1 Å². The Labute approximate surface area is 126 Å². The number of nitrogens with zero attached hydrogens (tertiary/aromatic N) is 1. The number of ether oxygens (including phenoxy) is 1. The molecule has 2 rings (SSSR count). The molecule has 0 spiro atoms. The normalized spacial score (nSPS) is 10.7. The van der Waals surface area contributed by atoms with Crippen LogP contribution in [0.1, 0.15) is 11.4 Å². The Kier molecular flexibility index (Phi) is 5.38. The summed E-state index contributed by atoms with van der Waals surface area (Å²) in [6.07, 6.45) is 0. The molecule has 1 aromatic carbocycles. The zero-order chi connectivity index (χ0) is 15.2. The Bertz CT molecular complexity index is 608. The first-order valence-electron chi connectivity index (χ1n) is 6.38. The van der Waals surface area contributed by atoms with Gasteiger partial charge < -0.3 is 10.1 Å². The molecule has 0 aliphatic carbocycles. The molecular formula is C15H16F2N2OS. The average molecular weight is 310 g/mol. The first-order valence-corrected chi connectivity index (χ1v) is 7.25. The molecule has 1 heterocycles. The van der Waals surface area contributed by atoms with Crippen molar-refractivity contribution in [2.75, 3.05) is 12.4 Å². The molecule has 3 nitrogen and oxygen atoms in total. The number of alkyl halides is 2. The summed E-state index contributed by atoms with van der Waals surface area (Å²) in [5.41, 5.74) is 2.31. The number of halogens is 2. The minimum atomic E-state index is -2.44. The van der Waals surface area contributed by atoms with Gasteiger partial charge in [0, 0.05) is 28.4 Å². The third-order valence-electron chi connectivity index (χ3n) is 2.78. The molecule has 0 amide bonds. The predicted molar refractivity (Wildman–Crippen MR) is 81.2 cm³/mol. The van der Waals surface area contributed by atoms with E-state index in [4.69, 9.17) is 4.74 Å². The predicted octanol–water partition coefficient (Wildman–Crippen LogP) is 4.33. The number of rotatable bonds is 6. The molecule has 1 aromatic heterocycles. The number of aryl methyl sites for hydroxylation is 1. The molecule has 0 bridgehead atoms. The first-order chi connectivity index (χ1) is 10.1. The van der Waals surface area contributed by atoms with Gasteiger partial charge in [0.25, 0.3) is 5.76 Å². The van der Waals surface area contributed by atoms with Crippen LogP contribution < -0.4 is 10.1 Å². The van der Waals surface area contributed by atoms with Crippen molar-refractivity contribution in [3.63, 3.8) is 0 Å². The quantitative estimate of drug-likeness (QED) is 0.806. The highest BCUT2D eigenvalue weighted by Gasteiger charge is 2.09. The lowest BCUT2D eigenvalue weighted by Gasteiger charge is -2.12. The van der Waals surface area contributed by atoms with Crippen LogP contribution in [-0.4, -0.2) is 17.9 Å². The standard InChI is InChI=1S/C15H16F2N2OS/c1-10-7-12(20-2)8-11(19-10)9-18-13-5-3-4-6-14(13)21-15(16)17/h3-8,15,18H,9H2,1-2H3. The monoisotopic (exact) mass is 310 g/mol. The van der Waals surface area contributed by atoms with E-state index in [1.54, 1.807) is 25.3 Å². The van der Waals surface area contributed by atoms with E-state index in [0.29, 0.717) is 28.9 Å². The molecule has 0 fully saturated rings. The van der Waals surface area contributed by atoms with Crippen LogP contribution in [0.5, 0.6) is 5.75 Å². The summed E-state index contributed by atoms with van der Waals surface area (Å²) in [7, 11) is 1.60. The zero-order valence-corrected chi connectivity index (χ0v) is 12.6. The van der Waals surface area contributed by atoms with Crippen LogP contribution in [0.3, 0.4) is 0 Å². The lowest BCUT2D eigenvalue weighted by molar-refractivity contribution is 0.252. The maximum atomic E-state index is 12.5. The third-order valence-corrected chi connectivity index (χ3v) is 3.57. The second-order valence-corrected chi connectivity index (χ2v) is 5.40. The van der Waals surface area contributed by atoms with E-state index >= 15 is 0 Å². The van der Waals surface area contributed by atoms with Gasteiger partial charge in [-0.25, -0.2) is 0 Å². The third kappa shape index (κ3) is 4.60. The van der Waals surface area contributed by atoms with Gasteiger partial charge in [0.2, 0.25) is 0 Å². The highest BCUT2D eigenvalue weighted by atomic mass is 32.2. The molecule has 0 saturated carbocycles. The van der Waals surface area contributed by atoms with Crippen LogP contribution in [0.4, 0.5) is 14.5 Å². The van der Waals surface area contributed by atoms with Gasteiger partial charge in [-0.2, -0.15) is 8.78 Å². The van der Waals surface area contributed by atoms with Crippen LogP contribution >= 0.6 is 11.8 Å². The number of methoxy groups -OCH3 is 1. The Morgan fingerprint density at radius 1 is 1.29 bits per heavy atom. The SMILES string of the molecule is COc1cc(C)nc(CNc2ccccc2SC(F)F)c1. The van der Waals surface area contributed by atoms with Crippen LogP contribution in [-0.2, 0) is 6.54 Å². The fourth-order valence-corrected chi connectivity index (χ4v) is 2.52. The highest BCUT2D eigenvalue weighted by Crippen LogP contribution is 2.31. The van der Waals surface area contributed by atoms with Gasteiger partial charge in [-0.05, 0) is 19.1 Å². The average Bonchev–Trinajstić information content (AvgIpc) is 2.45. The van der Waals surface area contributed by atoms with Gasteiger partial charge in [-0.1, -0.05) is 23.9 Å². The van der Waals surface area contributed by atoms with E-state index < -0.39 is 5.76 Å². The van der Waals surface area contributed by atoms with Gasteiger partial charge in [0.05, 0.1) is 19.3 Å². The van der Waals surface area contributed by atoms with Crippen molar-refractivity contribution in [1.29, 1.82) is 0 Å². The van der Waals surface area contributed by atoms with Crippen LogP contribution in [0.15, 0.2) is 41.3 Å². The molecular weight excluding hydrogens is 294 g/mol. The van der Waals surface area contributed by atoms with Crippen molar-refractivity contribution in [2.45, 2.75) is 24.1 Å². The number of anilines is 1. The lowest BCUT2D eigenvalue weighted by Crippen LogP contribution is -2.04. The van der Waals surface area contributed by atoms with Crippen molar-refractivity contribution < 1.29 is 13.5 Å². The number of thioether (sulfide) groups is 1. The molecule has 112 valence electrons. The Balaban J connectivity index is 2.11. The molecule has 21 heavy (non-hydrogen) atoms. The number of hydrogen-bond acceptors (Lipinski definition) is 4. The van der Waals surface area contributed by atoms with Crippen molar-refractivity contribution in [1.82, 2.24) is 4.98 Å². The summed E-state index contributed by atoms with van der Waals surface area (Å²) >= 11 is 0.530. The number of benzene rings is 1. The van der Waals surface area contributed by atoms with Crippen LogP contribution in [0.2, 0.25) is 0 Å². The van der Waals surface area contributed by atoms with Crippen LogP contribution in [0, 0.1) is 6.92 Å². The largest absolute Gasteiger partial charge is 0.497 e. The molecule has 1 N–H and O–H groups in total. The number of nitrogens with one attached hydrogen (secondary N) is 1. The van der Waals surface area contributed by atoms with E-state index in [1.807, 2.05) is 25.1 Å². The number of pyridine rings is 1. The first kappa shape index (κ1) is 15.6. The Morgan fingerprint density at radius 3 is 2.76 bits per heavy atom. The summed E-state index contributed by atoms with van der Waals surface area (Å²) in [4.78, 5) is 4.91. The highest BCUT2D eigenvalue weighted by molar-refractivity contribution is 7.99.